The molecule has 0 saturated heterocycles. The second-order valence-corrected chi connectivity index (χ2v) is 3.61. The molecule has 4 heteroatoms. The van der Waals surface area contributed by atoms with Gasteiger partial charge >= 0.3 is 6.09 Å². The highest BCUT2D eigenvalue weighted by Gasteiger charge is 2.15. The van der Waals surface area contributed by atoms with Crippen LogP contribution >= 0.6 is 0 Å². The lowest BCUT2D eigenvalue weighted by Gasteiger charge is -2.22. The van der Waals surface area contributed by atoms with E-state index >= 15 is 0 Å². The molecular formula is C10H19NO3. The predicted molar refractivity (Wildman–Crippen MR) is 53.2 cm³/mol. The van der Waals surface area contributed by atoms with Gasteiger partial charge in [0.15, 0.2) is 0 Å². The maximum atomic E-state index is 11.2. The first-order chi connectivity index (χ1) is 6.83. The van der Waals surface area contributed by atoms with Gasteiger partial charge in [-0.15, -0.1) is 0 Å². The van der Waals surface area contributed by atoms with E-state index in [1.165, 1.54) is 19.3 Å². The van der Waals surface area contributed by atoms with Crippen molar-refractivity contribution in [3.05, 3.63) is 0 Å². The summed E-state index contributed by atoms with van der Waals surface area (Å²) in [6.07, 6.45) is 5.57. The predicted octanol–water partition coefficient (Wildman–Crippen LogP) is 1.69. The van der Waals surface area contributed by atoms with Crippen molar-refractivity contribution in [3.63, 3.8) is 0 Å². The fourth-order valence-electron chi connectivity index (χ4n) is 1.67. The lowest BCUT2D eigenvalue weighted by Crippen LogP contribution is -2.36. The van der Waals surface area contributed by atoms with Crippen molar-refractivity contribution >= 4 is 6.09 Å². The minimum atomic E-state index is -0.311. The molecule has 1 aliphatic rings. The molecule has 0 aromatic carbocycles. The van der Waals surface area contributed by atoms with E-state index in [1.54, 1.807) is 7.11 Å². The van der Waals surface area contributed by atoms with Gasteiger partial charge in [-0.05, 0) is 12.8 Å². The first-order valence-corrected chi connectivity index (χ1v) is 5.25. The Morgan fingerprint density at radius 2 is 2.00 bits per heavy atom. The van der Waals surface area contributed by atoms with Crippen LogP contribution in [0, 0.1) is 0 Å². The molecular weight excluding hydrogens is 182 g/mol. The van der Waals surface area contributed by atoms with Crippen molar-refractivity contribution in [1.29, 1.82) is 0 Å². The van der Waals surface area contributed by atoms with E-state index in [0.29, 0.717) is 19.3 Å². The molecule has 1 aliphatic carbocycles. The van der Waals surface area contributed by atoms with Crippen LogP contribution < -0.4 is 5.32 Å². The van der Waals surface area contributed by atoms with Crippen molar-refractivity contribution in [1.82, 2.24) is 5.32 Å². The van der Waals surface area contributed by atoms with E-state index in [9.17, 15) is 4.79 Å². The van der Waals surface area contributed by atoms with E-state index in [4.69, 9.17) is 9.47 Å². The smallest absolute Gasteiger partial charge is 0.407 e. The van der Waals surface area contributed by atoms with Crippen LogP contribution in [0.25, 0.3) is 0 Å². The summed E-state index contributed by atoms with van der Waals surface area (Å²) in [6, 6.07) is 0.318. The Hall–Kier alpha value is -0.770. The summed E-state index contributed by atoms with van der Waals surface area (Å²) in [5, 5.41) is 2.86. The number of carbonyl (C=O) groups excluding carboxylic acids is 1. The topological polar surface area (TPSA) is 47.6 Å². The summed E-state index contributed by atoms with van der Waals surface area (Å²) in [5.41, 5.74) is 0. The molecule has 0 aliphatic heterocycles. The number of amides is 1. The summed E-state index contributed by atoms with van der Waals surface area (Å²) >= 11 is 0. The van der Waals surface area contributed by atoms with Gasteiger partial charge in [-0.3, -0.25) is 0 Å². The van der Waals surface area contributed by atoms with Crippen LogP contribution in [0.3, 0.4) is 0 Å². The van der Waals surface area contributed by atoms with Gasteiger partial charge in [0.2, 0.25) is 0 Å². The van der Waals surface area contributed by atoms with Gasteiger partial charge in [0.1, 0.15) is 6.61 Å². The highest BCUT2D eigenvalue weighted by Crippen LogP contribution is 2.17. The van der Waals surface area contributed by atoms with E-state index in [-0.39, 0.29) is 6.09 Å². The van der Waals surface area contributed by atoms with Crippen LogP contribution in [0.2, 0.25) is 0 Å². The SMILES string of the molecule is COCCOC(=O)NC1CCCCC1. The first kappa shape index (κ1) is 11.3. The van der Waals surface area contributed by atoms with Crippen LogP contribution in [-0.4, -0.2) is 32.5 Å². The van der Waals surface area contributed by atoms with Crippen molar-refractivity contribution < 1.29 is 14.3 Å². The number of nitrogens with one attached hydrogen (secondary N) is 1. The molecule has 1 saturated carbocycles. The molecule has 82 valence electrons. The quantitative estimate of drug-likeness (QED) is 0.704. The third kappa shape index (κ3) is 4.46. The maximum absolute atomic E-state index is 11.2. The van der Waals surface area contributed by atoms with Gasteiger partial charge in [0.05, 0.1) is 6.61 Å². The molecule has 14 heavy (non-hydrogen) atoms. The van der Waals surface area contributed by atoms with Crippen LogP contribution in [0.1, 0.15) is 32.1 Å². The second-order valence-electron chi connectivity index (χ2n) is 3.61. The molecule has 0 radical (unpaired) electrons. The molecule has 0 heterocycles. The number of rotatable bonds is 4. The highest BCUT2D eigenvalue weighted by atomic mass is 16.6. The van der Waals surface area contributed by atoms with E-state index in [0.717, 1.165) is 12.8 Å². The second kappa shape index (κ2) is 6.65. The van der Waals surface area contributed by atoms with Crippen LogP contribution in [0.4, 0.5) is 4.79 Å². The fraction of sp³-hybridized carbons (Fsp3) is 0.900. The molecule has 4 nitrogen and oxygen atoms in total. The Labute approximate surface area is 85.0 Å². The van der Waals surface area contributed by atoms with Crippen LogP contribution in [0.5, 0.6) is 0 Å². The van der Waals surface area contributed by atoms with Gasteiger partial charge < -0.3 is 14.8 Å². The summed E-state index contributed by atoms with van der Waals surface area (Å²) < 4.78 is 9.69. The average molecular weight is 201 g/mol. The molecule has 0 aromatic heterocycles. The Bertz CT molecular complexity index is 167. The first-order valence-electron chi connectivity index (χ1n) is 5.25. The fourth-order valence-corrected chi connectivity index (χ4v) is 1.67. The lowest BCUT2D eigenvalue weighted by molar-refractivity contribution is 0.0952. The third-order valence-electron chi connectivity index (χ3n) is 2.45. The molecule has 1 amide bonds. The molecule has 1 fully saturated rings. The number of hydrogen-bond donors (Lipinski definition) is 1. The Balaban J connectivity index is 2.06. The standard InChI is InChI=1S/C10H19NO3/c1-13-7-8-14-10(12)11-9-5-3-2-4-6-9/h9H,2-8H2,1H3,(H,11,12). The van der Waals surface area contributed by atoms with Crippen molar-refractivity contribution in [2.24, 2.45) is 0 Å². The van der Waals surface area contributed by atoms with Gasteiger partial charge in [-0.2, -0.15) is 0 Å². The molecule has 0 unspecified atom stereocenters. The van der Waals surface area contributed by atoms with Crippen LogP contribution in [-0.2, 0) is 9.47 Å². The molecule has 0 aromatic rings. The molecule has 0 bridgehead atoms. The Morgan fingerprint density at radius 3 is 2.64 bits per heavy atom. The zero-order chi connectivity index (χ0) is 10.2. The van der Waals surface area contributed by atoms with Crippen molar-refractivity contribution in [2.75, 3.05) is 20.3 Å². The summed E-state index contributed by atoms with van der Waals surface area (Å²) in [6.45, 7) is 0.785. The van der Waals surface area contributed by atoms with Crippen molar-refractivity contribution in [2.45, 2.75) is 38.1 Å². The lowest BCUT2D eigenvalue weighted by atomic mass is 9.96. The summed E-state index contributed by atoms with van der Waals surface area (Å²) in [7, 11) is 1.59. The molecule has 0 spiro atoms. The monoisotopic (exact) mass is 201 g/mol. The van der Waals surface area contributed by atoms with Crippen molar-refractivity contribution in [3.8, 4) is 0 Å². The maximum Gasteiger partial charge on any atom is 0.407 e. The minimum Gasteiger partial charge on any atom is -0.447 e. The molecule has 1 N–H and O–H groups in total. The Morgan fingerprint density at radius 1 is 1.29 bits per heavy atom. The van der Waals surface area contributed by atoms with Crippen LogP contribution in [0.15, 0.2) is 0 Å². The Kier molecular flexibility index (Phi) is 5.37. The van der Waals surface area contributed by atoms with Gasteiger partial charge in [0, 0.05) is 13.2 Å². The van der Waals surface area contributed by atoms with E-state index in [1.807, 2.05) is 0 Å². The number of ether oxygens (including phenoxy) is 2. The zero-order valence-electron chi connectivity index (χ0n) is 8.75. The number of methoxy groups -OCH3 is 1. The number of hydrogen-bond acceptors (Lipinski definition) is 3. The molecule has 1 rings (SSSR count). The van der Waals surface area contributed by atoms with Gasteiger partial charge in [-0.25, -0.2) is 4.79 Å². The average Bonchev–Trinajstić information content (AvgIpc) is 2.20. The van der Waals surface area contributed by atoms with E-state index in [2.05, 4.69) is 5.32 Å². The zero-order valence-corrected chi connectivity index (χ0v) is 8.75. The highest BCUT2D eigenvalue weighted by molar-refractivity contribution is 5.67. The minimum absolute atomic E-state index is 0.311. The van der Waals surface area contributed by atoms with Gasteiger partial charge in [0.25, 0.3) is 0 Å². The number of carbonyl (C=O) groups is 1. The third-order valence-corrected chi connectivity index (χ3v) is 2.45. The summed E-state index contributed by atoms with van der Waals surface area (Å²) in [4.78, 5) is 11.2. The largest absolute Gasteiger partial charge is 0.447 e. The van der Waals surface area contributed by atoms with Gasteiger partial charge in [-0.1, -0.05) is 19.3 Å². The summed E-state index contributed by atoms with van der Waals surface area (Å²) in [5.74, 6) is 0. The van der Waals surface area contributed by atoms with E-state index < -0.39 is 0 Å². The number of alkyl carbamates (subject to hydrolysis) is 1. The normalized spacial score (nSPS) is 17.8. The molecule has 0 atom stereocenters.